The van der Waals surface area contributed by atoms with Crippen LogP contribution >= 0.6 is 11.6 Å². The first-order chi connectivity index (χ1) is 16.4. The van der Waals surface area contributed by atoms with Crippen LogP contribution in [0.1, 0.15) is 27.2 Å². The number of sulfonamides is 1. The molecule has 3 rings (SSSR count). The van der Waals surface area contributed by atoms with E-state index < -0.39 is 57.1 Å². The quantitative estimate of drug-likeness (QED) is 0.423. The average molecular weight is 524 g/mol. The van der Waals surface area contributed by atoms with Crippen LogP contribution in [0.25, 0.3) is 11.4 Å². The monoisotopic (exact) mass is 523 g/mol. The number of halogens is 2. The van der Waals surface area contributed by atoms with Gasteiger partial charge in [-0.15, -0.1) is 10.2 Å². The Kier molecular flexibility index (Phi) is 7.98. The van der Waals surface area contributed by atoms with E-state index in [1.807, 2.05) is 0 Å². The second-order valence-corrected chi connectivity index (χ2v) is 10.6. The van der Waals surface area contributed by atoms with Crippen LogP contribution in [0, 0.1) is 5.82 Å². The zero-order chi connectivity index (χ0) is 25.8. The van der Waals surface area contributed by atoms with Crippen LogP contribution in [-0.4, -0.2) is 52.0 Å². The van der Waals surface area contributed by atoms with E-state index in [0.717, 1.165) is 16.9 Å². The van der Waals surface area contributed by atoms with Gasteiger partial charge in [-0.25, -0.2) is 12.8 Å². The van der Waals surface area contributed by atoms with Gasteiger partial charge >= 0.3 is 5.97 Å². The summed E-state index contributed by atoms with van der Waals surface area (Å²) >= 11 is 6.14. The molecule has 2 aromatic carbocycles. The summed E-state index contributed by atoms with van der Waals surface area (Å²) in [5.41, 5.74) is -0.384. The molecule has 0 aliphatic heterocycles. The Labute approximate surface area is 206 Å². The number of aromatic nitrogens is 4. The number of esters is 1. The maximum atomic E-state index is 14.1. The van der Waals surface area contributed by atoms with E-state index in [0.29, 0.717) is 10.6 Å². The van der Waals surface area contributed by atoms with Gasteiger partial charge in [-0.2, -0.15) is 9.52 Å². The van der Waals surface area contributed by atoms with Crippen LogP contribution in [-0.2, 0) is 30.9 Å². The van der Waals surface area contributed by atoms with Crippen molar-refractivity contribution in [3.8, 4) is 11.4 Å². The van der Waals surface area contributed by atoms with Crippen molar-refractivity contribution in [3.05, 3.63) is 59.4 Å². The number of ether oxygens (including phenoxy) is 1. The summed E-state index contributed by atoms with van der Waals surface area (Å²) in [6.45, 7) is 4.35. The molecule has 0 bridgehead atoms. The lowest BCUT2D eigenvalue weighted by Gasteiger charge is -2.22. The fraction of sp³-hybridized carbons (Fsp3) is 0.318. The first-order valence-corrected chi connectivity index (χ1v) is 12.3. The number of tetrazole rings is 1. The van der Waals surface area contributed by atoms with Gasteiger partial charge in [-0.05, 0) is 50.3 Å². The Morgan fingerprint density at radius 2 is 1.80 bits per heavy atom. The number of benzene rings is 2. The predicted molar refractivity (Wildman–Crippen MR) is 124 cm³/mol. The number of hydrogen-bond acceptors (Lipinski definition) is 8. The SMILES string of the molecule is CC(C)(C)OC(=O)CC(NS(=O)(=O)c1ccccc1F)C(=O)Cn1nnc(-c2ccccc2Cl)n1. The zero-order valence-electron chi connectivity index (χ0n) is 19.1. The molecular formula is C22H23ClFN5O5S. The summed E-state index contributed by atoms with van der Waals surface area (Å²) in [6, 6.07) is 9.84. The maximum Gasteiger partial charge on any atom is 0.308 e. The lowest BCUT2D eigenvalue weighted by molar-refractivity contribution is -0.156. The Morgan fingerprint density at radius 1 is 1.14 bits per heavy atom. The fourth-order valence-electron chi connectivity index (χ4n) is 2.99. The van der Waals surface area contributed by atoms with Crippen LogP contribution < -0.4 is 4.72 Å². The molecule has 0 aliphatic rings. The molecule has 0 saturated carbocycles. The smallest absolute Gasteiger partial charge is 0.308 e. The van der Waals surface area contributed by atoms with Gasteiger partial charge in [0.25, 0.3) is 0 Å². The third-order valence-corrected chi connectivity index (χ3v) is 6.30. The third-order valence-electron chi connectivity index (χ3n) is 4.47. The predicted octanol–water partition coefficient (Wildman–Crippen LogP) is 2.78. The van der Waals surface area contributed by atoms with Crippen LogP contribution in [0.15, 0.2) is 53.4 Å². The number of ketones is 1. The Bertz CT molecular complexity index is 1340. The number of carbonyl (C=O) groups is 2. The molecule has 1 heterocycles. The molecule has 1 N–H and O–H groups in total. The minimum atomic E-state index is -4.50. The number of nitrogens with zero attached hydrogens (tertiary/aromatic N) is 4. The molecule has 0 aliphatic carbocycles. The van der Waals surface area contributed by atoms with Gasteiger partial charge < -0.3 is 4.74 Å². The molecule has 0 radical (unpaired) electrons. The third kappa shape index (κ3) is 7.13. The highest BCUT2D eigenvalue weighted by atomic mass is 35.5. The van der Waals surface area contributed by atoms with Crippen molar-refractivity contribution in [2.24, 2.45) is 0 Å². The van der Waals surface area contributed by atoms with Crippen LogP contribution in [0.4, 0.5) is 4.39 Å². The van der Waals surface area contributed by atoms with E-state index in [1.54, 1.807) is 45.0 Å². The van der Waals surface area contributed by atoms with Crippen molar-refractivity contribution in [3.63, 3.8) is 0 Å². The highest BCUT2D eigenvalue weighted by molar-refractivity contribution is 7.89. The Morgan fingerprint density at radius 3 is 2.46 bits per heavy atom. The Balaban J connectivity index is 1.84. The van der Waals surface area contributed by atoms with Gasteiger partial charge in [0.15, 0.2) is 5.78 Å². The molecule has 0 fully saturated rings. The standard InChI is InChI=1S/C22H23ClFN5O5S/c1-22(2,3)34-20(31)12-17(27-35(32,33)19-11-7-6-10-16(19)24)18(30)13-29-26-21(25-28-29)14-8-4-5-9-15(14)23/h4-11,17,27H,12-13H2,1-3H3. The number of hydrogen-bond donors (Lipinski definition) is 1. The van der Waals surface area contributed by atoms with Crippen molar-refractivity contribution < 1.29 is 27.1 Å². The van der Waals surface area contributed by atoms with E-state index in [9.17, 15) is 22.4 Å². The molecule has 10 nitrogen and oxygen atoms in total. The normalized spacial score (nSPS) is 12.8. The van der Waals surface area contributed by atoms with E-state index in [4.69, 9.17) is 16.3 Å². The summed E-state index contributed by atoms with van der Waals surface area (Å²) in [6.07, 6.45) is -0.629. The number of nitrogens with one attached hydrogen (secondary N) is 1. The van der Waals surface area contributed by atoms with Crippen LogP contribution in [0.5, 0.6) is 0 Å². The molecule has 35 heavy (non-hydrogen) atoms. The van der Waals surface area contributed by atoms with Gasteiger partial charge in [0.2, 0.25) is 15.8 Å². The molecule has 13 heteroatoms. The second-order valence-electron chi connectivity index (χ2n) is 8.48. The van der Waals surface area contributed by atoms with E-state index in [1.165, 1.54) is 12.1 Å². The minimum Gasteiger partial charge on any atom is -0.460 e. The van der Waals surface area contributed by atoms with Gasteiger partial charge in [0.1, 0.15) is 22.9 Å². The summed E-state index contributed by atoms with van der Waals surface area (Å²) in [4.78, 5) is 25.7. The van der Waals surface area contributed by atoms with Gasteiger partial charge in [0.05, 0.1) is 17.5 Å². The van der Waals surface area contributed by atoms with E-state index >= 15 is 0 Å². The fourth-order valence-corrected chi connectivity index (χ4v) is 4.51. The summed E-state index contributed by atoms with van der Waals surface area (Å²) in [5.74, 6) is -2.45. The molecule has 1 unspecified atom stereocenters. The number of rotatable bonds is 9. The molecule has 0 spiro atoms. The first-order valence-electron chi connectivity index (χ1n) is 10.4. The van der Waals surface area contributed by atoms with Gasteiger partial charge in [0, 0.05) is 5.56 Å². The highest BCUT2D eigenvalue weighted by Crippen LogP contribution is 2.23. The topological polar surface area (TPSA) is 133 Å². The summed E-state index contributed by atoms with van der Waals surface area (Å²) in [5, 5.41) is 12.2. The first kappa shape index (κ1) is 26.4. The largest absolute Gasteiger partial charge is 0.460 e. The van der Waals surface area contributed by atoms with Gasteiger partial charge in [-0.3, -0.25) is 9.59 Å². The zero-order valence-corrected chi connectivity index (χ0v) is 20.7. The van der Waals surface area contributed by atoms with Crippen LogP contribution in [0.2, 0.25) is 5.02 Å². The van der Waals surface area contributed by atoms with Crippen molar-refractivity contribution in [2.75, 3.05) is 0 Å². The average Bonchev–Trinajstić information content (AvgIpc) is 3.20. The molecule has 3 aromatic rings. The van der Waals surface area contributed by atoms with Gasteiger partial charge in [-0.1, -0.05) is 35.9 Å². The molecular weight excluding hydrogens is 501 g/mol. The number of carbonyl (C=O) groups excluding carboxylic acids is 2. The van der Waals surface area contributed by atoms with Crippen LogP contribution in [0.3, 0.4) is 0 Å². The lowest BCUT2D eigenvalue weighted by Crippen LogP contribution is -2.45. The maximum absolute atomic E-state index is 14.1. The summed E-state index contributed by atoms with van der Waals surface area (Å²) in [7, 11) is -4.50. The van der Waals surface area contributed by atoms with E-state index in [-0.39, 0.29) is 5.82 Å². The molecule has 0 amide bonds. The molecule has 0 saturated heterocycles. The Hall–Kier alpha value is -3.22. The number of Topliss-reactive ketones (excluding diaryl/α,β-unsaturated/α-hetero) is 1. The van der Waals surface area contributed by atoms with E-state index in [2.05, 4.69) is 20.1 Å². The lowest BCUT2D eigenvalue weighted by atomic mass is 10.1. The molecule has 1 atom stereocenters. The van der Waals surface area contributed by atoms with Crippen molar-refractivity contribution in [1.29, 1.82) is 0 Å². The molecule has 1 aromatic heterocycles. The van der Waals surface area contributed by atoms with Crippen molar-refractivity contribution >= 4 is 33.4 Å². The summed E-state index contributed by atoms with van der Waals surface area (Å²) < 4.78 is 47.0. The molecule has 186 valence electrons. The second kappa shape index (κ2) is 10.6. The van der Waals surface area contributed by atoms with Crippen molar-refractivity contribution in [2.45, 2.75) is 50.3 Å². The highest BCUT2D eigenvalue weighted by Gasteiger charge is 2.31. The van der Waals surface area contributed by atoms with Crippen molar-refractivity contribution in [1.82, 2.24) is 24.9 Å². The minimum absolute atomic E-state index is 0.152.